The first-order chi connectivity index (χ1) is 15.6. The number of nitrogens with zero attached hydrogens (tertiary/aromatic N) is 4. The van der Waals surface area contributed by atoms with E-state index in [9.17, 15) is 9.59 Å². The number of hydrogen-bond acceptors (Lipinski definition) is 5. The van der Waals surface area contributed by atoms with Crippen molar-refractivity contribution in [2.24, 2.45) is 5.92 Å². The minimum atomic E-state index is 0.0341. The van der Waals surface area contributed by atoms with Crippen LogP contribution in [0.5, 0.6) is 0 Å². The van der Waals surface area contributed by atoms with E-state index in [1.807, 2.05) is 39.5 Å². The van der Waals surface area contributed by atoms with Crippen LogP contribution < -0.4 is 5.32 Å². The fourth-order valence-electron chi connectivity index (χ4n) is 4.76. The van der Waals surface area contributed by atoms with Crippen molar-refractivity contribution in [1.82, 2.24) is 24.5 Å². The summed E-state index contributed by atoms with van der Waals surface area (Å²) in [6.45, 7) is 6.88. The molecule has 8 heteroatoms. The summed E-state index contributed by atoms with van der Waals surface area (Å²) < 4.78 is 7.13. The summed E-state index contributed by atoms with van der Waals surface area (Å²) in [5.74, 6) is 0.494. The quantitative estimate of drug-likeness (QED) is 0.680. The molecule has 2 aromatic rings. The fraction of sp³-hybridized carbons (Fsp3) is 0.625. The number of aromatic nitrogens is 2. The maximum atomic E-state index is 13.4. The number of carbonyl (C=O) groups excluding carboxylic acids is 2. The lowest BCUT2D eigenvalue weighted by Crippen LogP contribution is -2.33. The summed E-state index contributed by atoms with van der Waals surface area (Å²) in [6, 6.07) is 4.06. The van der Waals surface area contributed by atoms with Gasteiger partial charge in [-0.05, 0) is 43.4 Å². The van der Waals surface area contributed by atoms with Gasteiger partial charge in [0.05, 0.1) is 12.3 Å². The first-order valence-electron chi connectivity index (χ1n) is 11.8. The number of hydrogen-bond donors (Lipinski definition) is 1. The van der Waals surface area contributed by atoms with Gasteiger partial charge in [0.25, 0.3) is 5.91 Å². The molecule has 2 aliphatic rings. The molecular weight excluding hydrogens is 406 g/mol. The molecule has 0 saturated carbocycles. The number of fused-ring (bicyclic) bond motifs is 1. The van der Waals surface area contributed by atoms with Gasteiger partial charge < -0.3 is 24.3 Å². The van der Waals surface area contributed by atoms with Crippen LogP contribution in [0.1, 0.15) is 53.8 Å². The van der Waals surface area contributed by atoms with Crippen LogP contribution in [-0.2, 0) is 16.1 Å². The summed E-state index contributed by atoms with van der Waals surface area (Å²) in [5, 5.41) is 3.50. The number of likely N-dealkylation sites (tertiary alicyclic amines) is 2. The summed E-state index contributed by atoms with van der Waals surface area (Å²) in [5.41, 5.74) is 3.38. The third kappa shape index (κ3) is 5.13. The molecule has 1 atom stereocenters. The topological polar surface area (TPSA) is 79.2 Å². The van der Waals surface area contributed by atoms with Gasteiger partial charge in [0, 0.05) is 59.0 Å². The predicted molar refractivity (Wildman–Crippen MR) is 123 cm³/mol. The average Bonchev–Trinajstić information content (AvgIpc) is 3.17. The number of amides is 2. The van der Waals surface area contributed by atoms with Gasteiger partial charge >= 0.3 is 0 Å². The molecule has 4 heterocycles. The Kier molecular flexibility index (Phi) is 7.42. The van der Waals surface area contributed by atoms with E-state index in [4.69, 9.17) is 9.72 Å². The van der Waals surface area contributed by atoms with Crippen LogP contribution >= 0.6 is 0 Å². The first-order valence-corrected chi connectivity index (χ1v) is 11.8. The molecule has 2 saturated heterocycles. The first kappa shape index (κ1) is 22.7. The van der Waals surface area contributed by atoms with E-state index in [1.165, 1.54) is 12.8 Å². The van der Waals surface area contributed by atoms with Gasteiger partial charge in [-0.1, -0.05) is 12.8 Å². The number of nitrogens with one attached hydrogen (secondary N) is 1. The van der Waals surface area contributed by atoms with Crippen LogP contribution in [-0.4, -0.2) is 77.4 Å². The largest absolute Gasteiger partial charge is 0.383 e. The molecule has 32 heavy (non-hydrogen) atoms. The van der Waals surface area contributed by atoms with E-state index in [1.54, 1.807) is 7.11 Å². The summed E-state index contributed by atoms with van der Waals surface area (Å²) in [6.07, 6.45) is 7.04. The third-order valence-electron chi connectivity index (χ3n) is 6.56. The highest BCUT2D eigenvalue weighted by Crippen LogP contribution is 2.20. The molecule has 174 valence electrons. The number of carbonyl (C=O) groups is 2. The number of aryl methyl sites for hydroxylation is 1. The zero-order chi connectivity index (χ0) is 22.5. The second-order valence-corrected chi connectivity index (χ2v) is 9.08. The molecule has 0 aromatic carbocycles. The molecule has 0 unspecified atom stereocenters. The molecule has 2 fully saturated rings. The second kappa shape index (κ2) is 10.4. The highest BCUT2D eigenvalue weighted by molar-refractivity contribution is 5.94. The van der Waals surface area contributed by atoms with Gasteiger partial charge in [-0.3, -0.25) is 9.59 Å². The highest BCUT2D eigenvalue weighted by Gasteiger charge is 2.29. The van der Waals surface area contributed by atoms with Crippen LogP contribution in [0.15, 0.2) is 18.3 Å². The van der Waals surface area contributed by atoms with Crippen molar-refractivity contribution in [3.05, 3.63) is 35.3 Å². The minimum Gasteiger partial charge on any atom is -0.383 e. The van der Waals surface area contributed by atoms with E-state index in [2.05, 4.69) is 5.32 Å². The van der Waals surface area contributed by atoms with Crippen molar-refractivity contribution < 1.29 is 14.3 Å². The second-order valence-electron chi connectivity index (χ2n) is 9.08. The molecule has 8 nitrogen and oxygen atoms in total. The highest BCUT2D eigenvalue weighted by atomic mass is 16.5. The molecule has 0 bridgehead atoms. The summed E-state index contributed by atoms with van der Waals surface area (Å²) >= 11 is 0. The van der Waals surface area contributed by atoms with Crippen molar-refractivity contribution in [2.75, 3.05) is 46.4 Å². The van der Waals surface area contributed by atoms with E-state index in [-0.39, 0.29) is 17.7 Å². The molecular formula is C24H35N5O3. The lowest BCUT2D eigenvalue weighted by molar-refractivity contribution is -0.128. The van der Waals surface area contributed by atoms with Crippen molar-refractivity contribution in [3.63, 3.8) is 0 Å². The lowest BCUT2D eigenvalue weighted by atomic mass is 10.1. The molecule has 2 aliphatic heterocycles. The Balaban J connectivity index is 1.47. The zero-order valence-corrected chi connectivity index (χ0v) is 19.3. The maximum Gasteiger partial charge on any atom is 0.274 e. The monoisotopic (exact) mass is 441 g/mol. The van der Waals surface area contributed by atoms with Gasteiger partial charge in [-0.25, -0.2) is 4.98 Å². The van der Waals surface area contributed by atoms with Crippen LogP contribution in [0.25, 0.3) is 5.65 Å². The summed E-state index contributed by atoms with van der Waals surface area (Å²) in [7, 11) is 1.65. The van der Waals surface area contributed by atoms with Gasteiger partial charge in [-0.2, -0.15) is 0 Å². The smallest absolute Gasteiger partial charge is 0.274 e. The predicted octanol–water partition coefficient (Wildman–Crippen LogP) is 2.24. The molecule has 1 N–H and O–H groups in total. The van der Waals surface area contributed by atoms with E-state index in [0.29, 0.717) is 31.8 Å². The molecule has 0 aliphatic carbocycles. The molecule has 0 spiro atoms. The fourth-order valence-corrected chi connectivity index (χ4v) is 4.76. The van der Waals surface area contributed by atoms with Crippen LogP contribution in [0.3, 0.4) is 0 Å². The number of pyridine rings is 1. The standard InChI is InChI=1S/C24H35N5O3/c1-18-7-10-29-20(16-25-15-19-14-22(30)28(17-19)11-12-32-2)23(26-21(29)13-18)24(31)27-8-5-3-4-6-9-27/h7,10,13,19,25H,3-6,8-9,11-12,14-17H2,1-2H3/t19-/m1/s1. The Morgan fingerprint density at radius 3 is 2.78 bits per heavy atom. The van der Waals surface area contributed by atoms with Gasteiger partial charge in [-0.15, -0.1) is 0 Å². The third-order valence-corrected chi connectivity index (χ3v) is 6.56. The Labute approximate surface area is 189 Å². The molecule has 2 aromatic heterocycles. The van der Waals surface area contributed by atoms with E-state index in [0.717, 1.165) is 55.9 Å². The summed E-state index contributed by atoms with van der Waals surface area (Å²) in [4.78, 5) is 34.2. The SMILES string of the molecule is COCCN1C[C@@H](CNCc2c(C(=O)N3CCCCCC3)nc3cc(C)ccn23)CC1=O. The van der Waals surface area contributed by atoms with Crippen molar-refractivity contribution in [2.45, 2.75) is 45.6 Å². The Hall–Kier alpha value is -2.45. The normalized spacial score (nSPS) is 19.7. The van der Waals surface area contributed by atoms with Crippen LogP contribution in [0.4, 0.5) is 0 Å². The molecule has 4 rings (SSSR count). The van der Waals surface area contributed by atoms with Gasteiger partial charge in [0.2, 0.25) is 5.91 Å². The van der Waals surface area contributed by atoms with Crippen LogP contribution in [0, 0.1) is 12.8 Å². The zero-order valence-electron chi connectivity index (χ0n) is 19.3. The number of imidazole rings is 1. The minimum absolute atomic E-state index is 0.0341. The van der Waals surface area contributed by atoms with Crippen molar-refractivity contribution in [1.29, 1.82) is 0 Å². The van der Waals surface area contributed by atoms with E-state index < -0.39 is 0 Å². The Morgan fingerprint density at radius 2 is 2.03 bits per heavy atom. The number of methoxy groups -OCH3 is 1. The Morgan fingerprint density at radius 1 is 1.25 bits per heavy atom. The number of rotatable bonds is 8. The van der Waals surface area contributed by atoms with Crippen molar-refractivity contribution in [3.8, 4) is 0 Å². The Bertz CT molecular complexity index is 949. The average molecular weight is 442 g/mol. The molecule has 2 amide bonds. The molecule has 0 radical (unpaired) electrons. The van der Waals surface area contributed by atoms with Crippen molar-refractivity contribution >= 4 is 17.5 Å². The van der Waals surface area contributed by atoms with Gasteiger partial charge in [0.15, 0.2) is 5.69 Å². The van der Waals surface area contributed by atoms with E-state index >= 15 is 0 Å². The maximum absolute atomic E-state index is 13.4. The van der Waals surface area contributed by atoms with Gasteiger partial charge in [0.1, 0.15) is 5.65 Å². The lowest BCUT2D eigenvalue weighted by Gasteiger charge is -2.20. The number of ether oxygens (including phenoxy) is 1. The van der Waals surface area contributed by atoms with Crippen LogP contribution in [0.2, 0.25) is 0 Å².